The Labute approximate surface area is 598 Å². The summed E-state index contributed by atoms with van der Waals surface area (Å²) in [6.45, 7) is 0.000855. The van der Waals surface area contributed by atoms with Crippen molar-refractivity contribution in [3.05, 3.63) is 23.8 Å². The minimum absolute atomic E-state index is 0.0402. The molecule has 2 aliphatic carbocycles. The third-order valence-corrected chi connectivity index (χ3v) is 20.6. The first-order chi connectivity index (χ1) is 49.7. The Morgan fingerprint density at radius 3 is 0.913 bits per heavy atom. The summed E-state index contributed by atoms with van der Waals surface area (Å²) >= 11 is 0. The fourth-order valence-electron chi connectivity index (χ4n) is 14.3. The van der Waals surface area contributed by atoms with Gasteiger partial charge in [0.15, 0.2) is 37.7 Å². The van der Waals surface area contributed by atoms with E-state index in [0.29, 0.717) is 24.6 Å². The molecule has 44 nitrogen and oxygen atoms in total. The number of ether oxygens (including phenoxy) is 14. The standard InChI is InChI=1S/C60H112N18O26/c61-11-27-39(81)43(85)33(69)55(93-27)99-49-25(67)9-23(65)37(79)53(49)103-59-47(89)51(101-57-35(71)45(87)41(83)29(13-63)95-57)31(97-59)17-77-15-21(73-75-77)19-91-7-5-3-1-2-4-6-8-92-20-22-16-78(76-74-22)18-32-52(102-58-36(72)46(88)42(84)30(14-64)96-58)48(90)60(98-32)104-54-38(80)24(66)10-26(68)50(54)100-56-34(70)44(86)40(82)28(12-62)94-56/h15-16,23-60,79-90H,1-14,17-20,61-72H2/t23-,24-,25?,26?,27?,28?,29+,30+,31-,32-,33?,34?,35?,36?,37?,38?,39?,40?,41?,42?,43-,44-,45?,46?,47+,48+,49?,50?,51?,52?,53-,54-,55+,56+,57-,58-,59+,60+/m1/s1. The van der Waals surface area contributed by atoms with E-state index >= 15 is 0 Å². The van der Waals surface area contributed by atoms with Crippen molar-refractivity contribution < 1.29 is 128 Å². The topological polar surface area (TPSA) is 746 Å². The summed E-state index contributed by atoms with van der Waals surface area (Å²) in [6.07, 6.45) is -33.0. The number of rotatable bonds is 33. The molecule has 2 aromatic rings. The van der Waals surface area contributed by atoms with Crippen molar-refractivity contribution in [3.63, 3.8) is 0 Å². The van der Waals surface area contributed by atoms with Gasteiger partial charge in [-0.1, -0.05) is 36.1 Å². The molecule has 6 saturated heterocycles. The van der Waals surface area contributed by atoms with Crippen LogP contribution in [-0.4, -0.2) is 363 Å². The van der Waals surface area contributed by atoms with Crippen LogP contribution in [0.5, 0.6) is 0 Å². The van der Waals surface area contributed by atoms with Crippen molar-refractivity contribution in [1.82, 2.24) is 30.0 Å². The molecule has 0 spiro atoms. The van der Waals surface area contributed by atoms with Crippen LogP contribution in [0.2, 0.25) is 0 Å². The molecular weight excluding hydrogens is 1390 g/mol. The zero-order valence-electron chi connectivity index (χ0n) is 57.5. The first-order valence-electron chi connectivity index (χ1n) is 35.5. The number of unbranched alkanes of at least 4 members (excludes halogenated alkanes) is 5. The van der Waals surface area contributed by atoms with E-state index < -0.39 is 233 Å². The molecule has 38 atom stereocenters. The second-order valence-electron chi connectivity index (χ2n) is 28.2. The van der Waals surface area contributed by atoms with Crippen molar-refractivity contribution in [2.24, 2.45) is 68.8 Å². The highest BCUT2D eigenvalue weighted by molar-refractivity contribution is 5.06. The first kappa shape index (κ1) is 83.2. The third-order valence-electron chi connectivity index (χ3n) is 20.6. The summed E-state index contributed by atoms with van der Waals surface area (Å²) in [6, 6.07) is -8.93. The van der Waals surface area contributed by atoms with Crippen LogP contribution in [0.3, 0.4) is 0 Å². The molecular formula is C60H112N18O26. The Morgan fingerprint density at radius 1 is 0.327 bits per heavy atom. The summed E-state index contributed by atoms with van der Waals surface area (Å²) < 4.78 is 88.1. The number of nitrogens with two attached hydrogens (primary N) is 12. The quantitative estimate of drug-likeness (QED) is 0.0295. The molecule has 10 rings (SSSR count). The minimum Gasteiger partial charge on any atom is -0.389 e. The van der Waals surface area contributed by atoms with E-state index in [9.17, 15) is 61.3 Å². The maximum Gasteiger partial charge on any atom is 0.187 e. The van der Waals surface area contributed by atoms with E-state index in [0.717, 1.165) is 38.5 Å². The molecule has 2 saturated carbocycles. The average Bonchev–Trinajstić information content (AvgIpc) is 1.60. The second-order valence-corrected chi connectivity index (χ2v) is 28.2. The second kappa shape index (κ2) is 37.6. The Kier molecular flexibility index (Phi) is 30.1. The van der Waals surface area contributed by atoms with Gasteiger partial charge < -0.3 is 196 Å². The van der Waals surface area contributed by atoms with Crippen LogP contribution in [0, 0.1) is 0 Å². The van der Waals surface area contributed by atoms with Crippen LogP contribution >= 0.6 is 0 Å². The number of hydrogen-bond donors (Lipinski definition) is 24. The normalized spacial score (nSPS) is 45.9. The largest absolute Gasteiger partial charge is 0.389 e. The first-order valence-corrected chi connectivity index (χ1v) is 35.5. The highest BCUT2D eigenvalue weighted by Crippen LogP contribution is 2.38. The van der Waals surface area contributed by atoms with E-state index in [4.69, 9.17) is 135 Å². The number of nitrogens with zero attached hydrogens (tertiary/aromatic N) is 6. The molecule has 2 aromatic heterocycles. The fraction of sp³-hybridized carbons (Fsp3) is 0.933. The number of aromatic nitrogens is 6. The smallest absolute Gasteiger partial charge is 0.187 e. The summed E-state index contributed by atoms with van der Waals surface area (Å²) in [5.41, 5.74) is 74.9. The van der Waals surface area contributed by atoms with Gasteiger partial charge in [-0.3, -0.25) is 0 Å². The lowest BCUT2D eigenvalue weighted by atomic mass is 9.84. The molecule has 0 aromatic carbocycles. The Bertz CT molecular complexity index is 2700. The van der Waals surface area contributed by atoms with Gasteiger partial charge >= 0.3 is 0 Å². The molecule has 44 heteroatoms. The van der Waals surface area contributed by atoms with Crippen molar-refractivity contribution in [3.8, 4) is 0 Å². The Hall–Kier alpha value is -3.24. The van der Waals surface area contributed by atoms with Crippen molar-refractivity contribution in [2.75, 3.05) is 39.4 Å². The Balaban J connectivity index is 0.672. The van der Waals surface area contributed by atoms with Gasteiger partial charge in [-0.2, -0.15) is 0 Å². The van der Waals surface area contributed by atoms with Crippen LogP contribution in [-0.2, 0) is 92.6 Å². The van der Waals surface area contributed by atoms with Gasteiger partial charge in [0.1, 0.15) is 146 Å². The van der Waals surface area contributed by atoms with Crippen molar-refractivity contribution in [2.45, 2.75) is 310 Å². The zero-order chi connectivity index (χ0) is 75.1. The fourth-order valence-corrected chi connectivity index (χ4v) is 14.3. The summed E-state index contributed by atoms with van der Waals surface area (Å²) in [5, 5.41) is 149. The van der Waals surface area contributed by atoms with Crippen LogP contribution in [0.1, 0.15) is 62.8 Å². The van der Waals surface area contributed by atoms with Crippen LogP contribution in [0.4, 0.5) is 0 Å². The van der Waals surface area contributed by atoms with E-state index in [1.165, 1.54) is 9.36 Å². The van der Waals surface area contributed by atoms with Crippen LogP contribution < -0.4 is 68.8 Å². The maximum absolute atomic E-state index is 12.0. The molecule has 8 heterocycles. The van der Waals surface area contributed by atoms with Crippen LogP contribution in [0.25, 0.3) is 0 Å². The van der Waals surface area contributed by atoms with E-state index in [1.807, 2.05) is 0 Å². The summed E-state index contributed by atoms with van der Waals surface area (Å²) in [4.78, 5) is 0. The van der Waals surface area contributed by atoms with Gasteiger partial charge in [0.25, 0.3) is 0 Å². The van der Waals surface area contributed by atoms with E-state index in [2.05, 4.69) is 20.6 Å². The lowest BCUT2D eigenvalue weighted by molar-refractivity contribution is -0.306. The van der Waals surface area contributed by atoms with Gasteiger partial charge in [-0.05, 0) is 25.7 Å². The zero-order valence-corrected chi connectivity index (χ0v) is 57.5. The van der Waals surface area contributed by atoms with Gasteiger partial charge in [-0.25, -0.2) is 9.36 Å². The minimum atomic E-state index is -1.67. The summed E-state index contributed by atoms with van der Waals surface area (Å²) in [5.74, 6) is 0. The van der Waals surface area contributed by atoms with Gasteiger partial charge in [0, 0.05) is 63.6 Å². The lowest BCUT2D eigenvalue weighted by Crippen LogP contribution is -2.68. The molecule has 0 bridgehead atoms. The molecule has 8 aliphatic rings. The average molecular weight is 1500 g/mol. The number of aliphatic hydroxyl groups excluding tert-OH is 12. The molecule has 0 radical (unpaired) electrons. The lowest BCUT2D eigenvalue weighted by Gasteiger charge is -2.47. The highest BCUT2D eigenvalue weighted by atomic mass is 16.8. The molecule has 6 aliphatic heterocycles. The Morgan fingerprint density at radius 2 is 0.606 bits per heavy atom. The van der Waals surface area contributed by atoms with Gasteiger partial charge in [0.2, 0.25) is 0 Å². The van der Waals surface area contributed by atoms with E-state index in [1.54, 1.807) is 12.4 Å². The van der Waals surface area contributed by atoms with Crippen molar-refractivity contribution >= 4 is 0 Å². The van der Waals surface area contributed by atoms with Crippen LogP contribution in [0.15, 0.2) is 12.4 Å². The maximum atomic E-state index is 12.0. The number of hydrogen-bond acceptors (Lipinski definition) is 42. The predicted molar refractivity (Wildman–Crippen MR) is 350 cm³/mol. The van der Waals surface area contributed by atoms with Gasteiger partial charge in [0.05, 0.1) is 75.1 Å². The van der Waals surface area contributed by atoms with Gasteiger partial charge in [-0.15, -0.1) is 10.2 Å². The summed E-state index contributed by atoms with van der Waals surface area (Å²) in [7, 11) is 0. The molecule has 20 unspecified atom stereocenters. The predicted octanol–water partition coefficient (Wildman–Crippen LogP) is -14.8. The SMILES string of the molecule is NCC1O[C@@H](OC2C(N)C[C@@H](N)C(O)[C@H]2O[C@@H]2O[C@H](Cn3cc(COCCCCCCCCOCc4cn(C[C@H]5O[C@@H](O[C@H]6C(O[C@@H]7OC(CN)C(O)[C@H](O)C7N)C(N)C[C@@H](N)C6O)[C@@H](O)C5O[C@H]5O[C@@H](CN)C(O)C(O)C5N)nn4)nn3)C(O[C@H]3O[C@@H](CN)C(O)C(O)C3N)[C@@H]2O)C(N)[C@@H](O)C1O. The number of aliphatic hydroxyl groups is 12. The molecule has 8 fully saturated rings. The molecule has 598 valence electrons. The molecule has 104 heavy (non-hydrogen) atoms. The third kappa shape index (κ3) is 19.2. The molecule has 0 amide bonds. The van der Waals surface area contributed by atoms with Crippen molar-refractivity contribution in [1.29, 1.82) is 0 Å². The monoisotopic (exact) mass is 1500 g/mol. The highest BCUT2D eigenvalue weighted by Gasteiger charge is 2.58. The molecule has 36 N–H and O–H groups in total. The van der Waals surface area contributed by atoms with E-state index in [-0.39, 0.29) is 65.3 Å².